The SMILES string of the molecule is CCCCCCCCCCCCCCCCCCCCC(=O)O[C@H](COC(=O)CCCCCCCCCCCCCCC(C)C)COP(=O)(O)OC[C@@H](O)COP(=O)(O)OC[C@@H](COC(=O)CCCCCCCCC(C)CC)OC(=O)CCCCCCCCCCCCCCC(C)C. The van der Waals surface area contributed by atoms with Gasteiger partial charge in [0, 0.05) is 25.7 Å². The quantitative estimate of drug-likeness (QED) is 0.0222. The first kappa shape index (κ1) is 96.1. The molecule has 0 aliphatic rings. The monoisotopic (exact) mass is 1440 g/mol. The first-order chi connectivity index (χ1) is 47.3. The maximum Gasteiger partial charge on any atom is 0.472 e. The van der Waals surface area contributed by atoms with Crippen molar-refractivity contribution < 1.29 is 80.2 Å². The Balaban J connectivity index is 5.25. The van der Waals surface area contributed by atoms with E-state index in [4.69, 9.17) is 37.0 Å². The van der Waals surface area contributed by atoms with E-state index < -0.39 is 97.5 Å². The highest BCUT2D eigenvalue weighted by Crippen LogP contribution is 2.45. The molecule has 98 heavy (non-hydrogen) atoms. The molecule has 3 unspecified atom stereocenters. The molecule has 0 amide bonds. The Kier molecular flexibility index (Phi) is 68.1. The largest absolute Gasteiger partial charge is 0.472 e. The summed E-state index contributed by atoms with van der Waals surface area (Å²) in [6.45, 7) is 11.9. The van der Waals surface area contributed by atoms with Crippen molar-refractivity contribution in [1.29, 1.82) is 0 Å². The molecule has 0 bridgehead atoms. The maximum atomic E-state index is 13.1. The minimum atomic E-state index is -4.96. The standard InChI is InChI=1S/C79H154O17P2/c1-8-10-11-12-13-14-15-16-17-18-19-20-21-29-34-39-48-55-62-78(83)95-74(66-89-76(81)60-53-46-38-33-28-24-22-26-31-36-43-50-57-70(3)4)68-93-97(85,86)91-64-73(80)65-92-98(87,88)94-69-75(67-90-77(82)61-54-47-42-41-45-52-59-72(7)9-2)96-79(84)63-56-49-40-35-30-25-23-27-32-37-44-51-58-71(5)6/h70-75,80H,8-69H2,1-7H3,(H,85,86)(H,87,88)/t72?,73-,74-,75-/m1/s1. The summed E-state index contributed by atoms with van der Waals surface area (Å²) in [5, 5.41) is 10.6. The summed E-state index contributed by atoms with van der Waals surface area (Å²) in [5.41, 5.74) is 0. The number of phosphoric acid groups is 2. The van der Waals surface area contributed by atoms with Crippen LogP contribution in [-0.2, 0) is 65.4 Å². The average molecular weight is 1440 g/mol. The van der Waals surface area contributed by atoms with Crippen LogP contribution >= 0.6 is 15.6 Å². The van der Waals surface area contributed by atoms with Gasteiger partial charge in [0.1, 0.15) is 19.3 Å². The van der Waals surface area contributed by atoms with E-state index in [0.717, 1.165) is 114 Å². The van der Waals surface area contributed by atoms with Gasteiger partial charge in [-0.25, -0.2) is 9.13 Å². The Morgan fingerprint density at radius 3 is 0.776 bits per heavy atom. The number of rotatable bonds is 77. The lowest BCUT2D eigenvalue weighted by Gasteiger charge is -2.21. The van der Waals surface area contributed by atoms with Gasteiger partial charge in [-0.1, -0.05) is 357 Å². The molecular formula is C79H154O17P2. The molecule has 0 heterocycles. The number of esters is 4. The molecule has 3 N–H and O–H groups in total. The third kappa shape index (κ3) is 71.1. The van der Waals surface area contributed by atoms with Crippen molar-refractivity contribution in [3.63, 3.8) is 0 Å². The van der Waals surface area contributed by atoms with Crippen molar-refractivity contribution in [2.75, 3.05) is 39.6 Å². The zero-order chi connectivity index (χ0) is 72.3. The number of carbonyl (C=O) groups excluding carboxylic acids is 4. The number of phosphoric ester groups is 2. The molecule has 0 spiro atoms. The smallest absolute Gasteiger partial charge is 0.462 e. The van der Waals surface area contributed by atoms with Gasteiger partial charge in [-0.3, -0.25) is 37.3 Å². The van der Waals surface area contributed by atoms with E-state index in [-0.39, 0.29) is 25.7 Å². The van der Waals surface area contributed by atoms with Crippen LogP contribution in [0.2, 0.25) is 0 Å². The molecule has 0 aromatic rings. The minimum absolute atomic E-state index is 0.106. The summed E-state index contributed by atoms with van der Waals surface area (Å²) < 4.78 is 68.7. The zero-order valence-corrected chi connectivity index (χ0v) is 66.0. The van der Waals surface area contributed by atoms with Crippen molar-refractivity contribution in [2.24, 2.45) is 17.8 Å². The van der Waals surface area contributed by atoms with Crippen molar-refractivity contribution in [3.8, 4) is 0 Å². The molecule has 0 saturated heterocycles. The van der Waals surface area contributed by atoms with Gasteiger partial charge in [-0.15, -0.1) is 0 Å². The highest BCUT2D eigenvalue weighted by Gasteiger charge is 2.30. The first-order valence-electron chi connectivity index (χ1n) is 40.9. The van der Waals surface area contributed by atoms with Crippen LogP contribution in [0.1, 0.15) is 408 Å². The highest BCUT2D eigenvalue weighted by atomic mass is 31.2. The number of aliphatic hydroxyl groups excluding tert-OH is 1. The normalized spacial score (nSPS) is 14.3. The van der Waals surface area contributed by atoms with Crippen LogP contribution in [0.5, 0.6) is 0 Å². The second-order valence-corrected chi connectivity index (χ2v) is 32.6. The number of ether oxygens (including phenoxy) is 4. The Morgan fingerprint density at radius 2 is 0.520 bits per heavy atom. The zero-order valence-electron chi connectivity index (χ0n) is 64.3. The summed E-state index contributed by atoms with van der Waals surface area (Å²) >= 11 is 0. The van der Waals surface area contributed by atoms with E-state index in [9.17, 15) is 43.2 Å². The van der Waals surface area contributed by atoms with Crippen LogP contribution in [0.25, 0.3) is 0 Å². The van der Waals surface area contributed by atoms with Gasteiger partial charge in [-0.2, -0.15) is 0 Å². The summed E-state index contributed by atoms with van der Waals surface area (Å²) in [4.78, 5) is 73.0. The molecule has 6 atom stereocenters. The van der Waals surface area contributed by atoms with Crippen molar-refractivity contribution in [1.82, 2.24) is 0 Å². The fourth-order valence-corrected chi connectivity index (χ4v) is 13.7. The lowest BCUT2D eigenvalue weighted by atomic mass is 10.00. The van der Waals surface area contributed by atoms with Crippen LogP contribution in [-0.4, -0.2) is 96.7 Å². The van der Waals surface area contributed by atoms with Gasteiger partial charge in [0.2, 0.25) is 0 Å². The molecule has 582 valence electrons. The molecule has 0 aliphatic heterocycles. The van der Waals surface area contributed by atoms with Crippen LogP contribution in [0, 0.1) is 17.8 Å². The lowest BCUT2D eigenvalue weighted by molar-refractivity contribution is -0.161. The van der Waals surface area contributed by atoms with E-state index in [1.807, 2.05) is 0 Å². The highest BCUT2D eigenvalue weighted by molar-refractivity contribution is 7.47. The van der Waals surface area contributed by atoms with E-state index in [0.29, 0.717) is 25.7 Å². The first-order valence-corrected chi connectivity index (χ1v) is 43.9. The summed E-state index contributed by atoms with van der Waals surface area (Å²) in [7, 11) is -9.92. The summed E-state index contributed by atoms with van der Waals surface area (Å²) in [6, 6.07) is 0. The van der Waals surface area contributed by atoms with Gasteiger partial charge >= 0.3 is 39.5 Å². The van der Waals surface area contributed by atoms with Gasteiger partial charge in [0.05, 0.1) is 26.4 Å². The van der Waals surface area contributed by atoms with Crippen LogP contribution < -0.4 is 0 Å². The summed E-state index contributed by atoms with van der Waals surface area (Å²) in [6.07, 6.45) is 56.9. The molecule has 0 aromatic heterocycles. The molecule has 0 saturated carbocycles. The van der Waals surface area contributed by atoms with E-state index >= 15 is 0 Å². The van der Waals surface area contributed by atoms with Crippen molar-refractivity contribution in [2.45, 2.75) is 426 Å². The summed E-state index contributed by atoms with van der Waals surface area (Å²) in [5.74, 6) is 0.175. The third-order valence-corrected chi connectivity index (χ3v) is 20.6. The third-order valence-electron chi connectivity index (χ3n) is 18.7. The fraction of sp³-hybridized carbons (Fsp3) is 0.949. The molecule has 0 aromatic carbocycles. The second kappa shape index (κ2) is 69.4. The van der Waals surface area contributed by atoms with Gasteiger partial charge < -0.3 is 33.8 Å². The van der Waals surface area contributed by atoms with E-state index in [1.165, 1.54) is 212 Å². The van der Waals surface area contributed by atoms with Crippen molar-refractivity contribution >= 4 is 39.5 Å². The fourth-order valence-electron chi connectivity index (χ4n) is 12.1. The minimum Gasteiger partial charge on any atom is -0.462 e. The number of carbonyl (C=O) groups is 4. The predicted octanol–water partition coefficient (Wildman–Crippen LogP) is 23.4. The number of aliphatic hydroxyl groups is 1. The van der Waals surface area contributed by atoms with Gasteiger partial charge in [0.15, 0.2) is 12.2 Å². The molecule has 0 fully saturated rings. The molecule has 0 radical (unpaired) electrons. The second-order valence-electron chi connectivity index (χ2n) is 29.6. The van der Waals surface area contributed by atoms with E-state index in [2.05, 4.69) is 48.5 Å². The Labute approximate surface area is 600 Å². The van der Waals surface area contributed by atoms with Crippen LogP contribution in [0.4, 0.5) is 0 Å². The van der Waals surface area contributed by atoms with Crippen molar-refractivity contribution in [3.05, 3.63) is 0 Å². The van der Waals surface area contributed by atoms with Crippen LogP contribution in [0.3, 0.4) is 0 Å². The number of unbranched alkanes of at least 4 members (excludes halogenated alkanes) is 44. The topological polar surface area (TPSA) is 237 Å². The average Bonchev–Trinajstić information content (AvgIpc) is 1.01. The maximum absolute atomic E-state index is 13.1. The van der Waals surface area contributed by atoms with Crippen LogP contribution in [0.15, 0.2) is 0 Å². The molecular weight excluding hydrogens is 1280 g/mol. The lowest BCUT2D eigenvalue weighted by Crippen LogP contribution is -2.30. The van der Waals surface area contributed by atoms with E-state index in [1.54, 1.807) is 0 Å². The predicted molar refractivity (Wildman–Crippen MR) is 400 cm³/mol. The molecule has 17 nitrogen and oxygen atoms in total. The molecule has 19 heteroatoms. The van der Waals surface area contributed by atoms with Gasteiger partial charge in [-0.05, 0) is 43.4 Å². The Bertz CT molecular complexity index is 1910. The Hall–Kier alpha value is -1.94. The number of hydrogen-bond acceptors (Lipinski definition) is 15. The Morgan fingerprint density at radius 1 is 0.296 bits per heavy atom. The number of hydrogen-bond donors (Lipinski definition) is 3. The van der Waals surface area contributed by atoms with Gasteiger partial charge in [0.25, 0.3) is 0 Å². The molecule has 0 rings (SSSR count). The molecule has 0 aliphatic carbocycles.